The minimum Gasteiger partial charge on any atom is -0.399 e. The lowest BCUT2D eigenvalue weighted by Crippen LogP contribution is -2.13. The zero-order chi connectivity index (χ0) is 10.8. The minimum atomic E-state index is 0.148. The van der Waals surface area contributed by atoms with Gasteiger partial charge in [0.15, 0.2) is 0 Å². The Kier molecular flexibility index (Phi) is 2.62. The summed E-state index contributed by atoms with van der Waals surface area (Å²) in [5, 5.41) is 2.85. The molecule has 1 heterocycles. The second kappa shape index (κ2) is 3.93. The summed E-state index contributed by atoms with van der Waals surface area (Å²) in [6, 6.07) is 6.09. The Labute approximate surface area is 89.7 Å². The maximum Gasteiger partial charge on any atom is 0.220 e. The third-order valence-electron chi connectivity index (χ3n) is 3.00. The summed E-state index contributed by atoms with van der Waals surface area (Å²) in [6.45, 7) is 2.85. The Balaban J connectivity index is 2.25. The van der Waals surface area contributed by atoms with Gasteiger partial charge in [-0.25, -0.2) is 0 Å². The standard InChI is InChI=1S/C12H16N2O/c1-2-8-5-9(3-4-11(8)13)10-6-12(15)14-7-10/h3-5,10H,2,6-7,13H2,1H3,(H,14,15)/t10-/m1/s1. The Morgan fingerprint density at radius 1 is 1.53 bits per heavy atom. The van der Waals surface area contributed by atoms with Gasteiger partial charge in [0.05, 0.1) is 0 Å². The van der Waals surface area contributed by atoms with E-state index < -0.39 is 0 Å². The van der Waals surface area contributed by atoms with Crippen LogP contribution < -0.4 is 11.1 Å². The highest BCUT2D eigenvalue weighted by molar-refractivity contribution is 5.79. The van der Waals surface area contributed by atoms with Crippen LogP contribution in [0, 0.1) is 0 Å². The number of benzene rings is 1. The molecule has 2 rings (SSSR count). The van der Waals surface area contributed by atoms with Crippen LogP contribution in [-0.4, -0.2) is 12.5 Å². The number of hydrogen-bond donors (Lipinski definition) is 2. The van der Waals surface area contributed by atoms with E-state index in [-0.39, 0.29) is 5.91 Å². The van der Waals surface area contributed by atoms with Crippen LogP contribution in [0.3, 0.4) is 0 Å². The number of amides is 1. The molecule has 0 radical (unpaired) electrons. The van der Waals surface area contributed by atoms with Crippen molar-refractivity contribution in [2.75, 3.05) is 12.3 Å². The van der Waals surface area contributed by atoms with E-state index in [1.54, 1.807) is 0 Å². The monoisotopic (exact) mass is 204 g/mol. The molecule has 1 aromatic rings. The number of hydrogen-bond acceptors (Lipinski definition) is 2. The molecule has 0 aliphatic carbocycles. The largest absolute Gasteiger partial charge is 0.399 e. The molecule has 1 aliphatic heterocycles. The van der Waals surface area contributed by atoms with Crippen molar-refractivity contribution in [1.82, 2.24) is 5.32 Å². The first-order valence-corrected chi connectivity index (χ1v) is 5.35. The molecule has 3 N–H and O–H groups in total. The molecule has 1 atom stereocenters. The highest BCUT2D eigenvalue weighted by atomic mass is 16.1. The molecule has 0 unspecified atom stereocenters. The van der Waals surface area contributed by atoms with Crippen molar-refractivity contribution < 1.29 is 4.79 Å². The van der Waals surface area contributed by atoms with E-state index >= 15 is 0 Å². The topological polar surface area (TPSA) is 55.1 Å². The van der Waals surface area contributed by atoms with Gasteiger partial charge in [0.25, 0.3) is 0 Å². The zero-order valence-corrected chi connectivity index (χ0v) is 8.92. The maximum absolute atomic E-state index is 11.1. The third-order valence-corrected chi connectivity index (χ3v) is 3.00. The van der Waals surface area contributed by atoms with Crippen LogP contribution in [0.1, 0.15) is 30.4 Å². The van der Waals surface area contributed by atoms with Gasteiger partial charge in [-0.1, -0.05) is 19.1 Å². The van der Waals surface area contributed by atoms with E-state index in [0.29, 0.717) is 12.3 Å². The van der Waals surface area contributed by atoms with Crippen molar-refractivity contribution >= 4 is 11.6 Å². The highest BCUT2D eigenvalue weighted by Gasteiger charge is 2.23. The first kappa shape index (κ1) is 10.0. The number of anilines is 1. The smallest absolute Gasteiger partial charge is 0.220 e. The Bertz CT molecular complexity index is 387. The number of nitrogens with one attached hydrogen (secondary N) is 1. The summed E-state index contributed by atoms with van der Waals surface area (Å²) in [6.07, 6.45) is 1.54. The summed E-state index contributed by atoms with van der Waals surface area (Å²) in [5.41, 5.74) is 9.08. The van der Waals surface area contributed by atoms with Gasteiger partial charge in [0.2, 0.25) is 5.91 Å². The van der Waals surface area contributed by atoms with Crippen molar-refractivity contribution in [1.29, 1.82) is 0 Å². The van der Waals surface area contributed by atoms with Gasteiger partial charge >= 0.3 is 0 Å². The first-order valence-electron chi connectivity index (χ1n) is 5.35. The molecule has 1 fully saturated rings. The predicted octanol–water partition coefficient (Wildman–Crippen LogP) is 1.43. The van der Waals surface area contributed by atoms with E-state index in [9.17, 15) is 4.79 Å². The molecule has 3 nitrogen and oxygen atoms in total. The molecule has 0 aromatic heterocycles. The normalized spacial score (nSPS) is 20.3. The minimum absolute atomic E-state index is 0.148. The average molecular weight is 204 g/mol. The predicted molar refractivity (Wildman–Crippen MR) is 60.6 cm³/mol. The highest BCUT2D eigenvalue weighted by Crippen LogP contribution is 2.26. The zero-order valence-electron chi connectivity index (χ0n) is 8.92. The van der Waals surface area contributed by atoms with Gasteiger partial charge in [-0.05, 0) is 23.6 Å². The van der Waals surface area contributed by atoms with Crippen molar-refractivity contribution in [3.05, 3.63) is 29.3 Å². The molecule has 0 saturated carbocycles. The van der Waals surface area contributed by atoms with Gasteiger partial charge in [0.1, 0.15) is 0 Å². The molecule has 3 heteroatoms. The van der Waals surface area contributed by atoms with Gasteiger partial charge in [-0.15, -0.1) is 0 Å². The lowest BCUT2D eigenvalue weighted by atomic mass is 9.95. The molecule has 0 spiro atoms. The van der Waals surface area contributed by atoms with Gasteiger partial charge < -0.3 is 11.1 Å². The summed E-state index contributed by atoms with van der Waals surface area (Å²) >= 11 is 0. The molecule has 1 aliphatic rings. The van der Waals surface area contributed by atoms with Crippen LogP contribution in [0.2, 0.25) is 0 Å². The van der Waals surface area contributed by atoms with Crippen molar-refractivity contribution in [3.63, 3.8) is 0 Å². The summed E-state index contributed by atoms with van der Waals surface area (Å²) in [5.74, 6) is 0.471. The number of nitrogens with two attached hydrogens (primary N) is 1. The SMILES string of the molecule is CCc1cc([C@H]2CNC(=O)C2)ccc1N. The van der Waals surface area contributed by atoms with E-state index in [1.165, 1.54) is 11.1 Å². The van der Waals surface area contributed by atoms with Crippen LogP contribution in [-0.2, 0) is 11.2 Å². The van der Waals surface area contributed by atoms with Crippen LogP contribution in [0.4, 0.5) is 5.69 Å². The second-order valence-electron chi connectivity index (χ2n) is 4.02. The second-order valence-corrected chi connectivity index (χ2v) is 4.02. The van der Waals surface area contributed by atoms with Crippen molar-refractivity contribution in [3.8, 4) is 0 Å². The fraction of sp³-hybridized carbons (Fsp3) is 0.417. The summed E-state index contributed by atoms with van der Waals surface area (Å²) in [7, 11) is 0. The number of nitrogen functional groups attached to an aromatic ring is 1. The fourth-order valence-corrected chi connectivity index (χ4v) is 2.03. The summed E-state index contributed by atoms with van der Waals surface area (Å²) in [4.78, 5) is 11.1. The first-order chi connectivity index (χ1) is 7.20. The third kappa shape index (κ3) is 1.96. The molecule has 80 valence electrons. The molecule has 0 bridgehead atoms. The van der Waals surface area contributed by atoms with Gasteiger partial charge in [-0.2, -0.15) is 0 Å². The van der Waals surface area contributed by atoms with Crippen molar-refractivity contribution in [2.24, 2.45) is 0 Å². The van der Waals surface area contributed by atoms with Crippen LogP contribution in [0.25, 0.3) is 0 Å². The van der Waals surface area contributed by atoms with Gasteiger partial charge in [-0.3, -0.25) is 4.79 Å². The fourth-order valence-electron chi connectivity index (χ4n) is 2.03. The summed E-state index contributed by atoms with van der Waals surface area (Å²) < 4.78 is 0. The molecular weight excluding hydrogens is 188 g/mol. The van der Waals surface area contributed by atoms with E-state index in [0.717, 1.165) is 18.7 Å². The molecular formula is C12H16N2O. The van der Waals surface area contributed by atoms with Crippen LogP contribution in [0.15, 0.2) is 18.2 Å². The molecule has 1 aromatic carbocycles. The Morgan fingerprint density at radius 2 is 2.33 bits per heavy atom. The van der Waals surface area contributed by atoms with Gasteiger partial charge in [0, 0.05) is 24.6 Å². The molecule has 1 saturated heterocycles. The molecule has 1 amide bonds. The lowest BCUT2D eigenvalue weighted by molar-refractivity contribution is -0.119. The Morgan fingerprint density at radius 3 is 2.93 bits per heavy atom. The quantitative estimate of drug-likeness (QED) is 0.716. The lowest BCUT2D eigenvalue weighted by Gasteiger charge is -2.11. The molecule has 15 heavy (non-hydrogen) atoms. The van der Waals surface area contributed by atoms with E-state index in [1.807, 2.05) is 12.1 Å². The van der Waals surface area contributed by atoms with E-state index in [4.69, 9.17) is 5.73 Å². The number of carbonyl (C=O) groups excluding carboxylic acids is 1. The van der Waals surface area contributed by atoms with Crippen molar-refractivity contribution in [2.45, 2.75) is 25.7 Å². The van der Waals surface area contributed by atoms with E-state index in [2.05, 4.69) is 18.3 Å². The van der Waals surface area contributed by atoms with Crippen LogP contribution in [0.5, 0.6) is 0 Å². The Hall–Kier alpha value is -1.51. The maximum atomic E-state index is 11.1. The number of rotatable bonds is 2. The number of carbonyl (C=O) groups is 1. The average Bonchev–Trinajstić information content (AvgIpc) is 2.66. The number of aryl methyl sites for hydroxylation is 1. The van der Waals surface area contributed by atoms with Crippen LogP contribution >= 0.6 is 0 Å².